The van der Waals surface area contributed by atoms with Crippen LogP contribution in [-0.4, -0.2) is 80.7 Å². The summed E-state index contributed by atoms with van der Waals surface area (Å²) in [5, 5.41) is 27.1. The van der Waals surface area contributed by atoms with Crippen LogP contribution in [-0.2, 0) is 14.3 Å². The summed E-state index contributed by atoms with van der Waals surface area (Å²) in [7, 11) is 1.05. The van der Waals surface area contributed by atoms with Gasteiger partial charge in [0.25, 0.3) is 5.91 Å². The van der Waals surface area contributed by atoms with E-state index in [0.717, 1.165) is 13.7 Å². The summed E-state index contributed by atoms with van der Waals surface area (Å²) >= 11 is 0. The molecular formula is C11H23N4O5. The molecule has 0 aliphatic rings. The highest BCUT2D eigenvalue weighted by Crippen LogP contribution is 1.96. The zero-order valence-electron chi connectivity index (χ0n) is 11.5. The molecule has 20 heavy (non-hydrogen) atoms. The van der Waals surface area contributed by atoms with Crippen LogP contribution in [0.25, 0.3) is 0 Å². The Morgan fingerprint density at radius 3 is 2.15 bits per heavy atom. The number of hydrogen-bond donors (Lipinski definition) is 5. The van der Waals surface area contributed by atoms with E-state index in [2.05, 4.69) is 20.7 Å². The fraction of sp³-hybridized carbons (Fsp3) is 0.818. The van der Waals surface area contributed by atoms with Crippen LogP contribution in [0.15, 0.2) is 0 Å². The van der Waals surface area contributed by atoms with Gasteiger partial charge in [-0.15, -0.1) is 0 Å². The third-order valence-corrected chi connectivity index (χ3v) is 2.39. The van der Waals surface area contributed by atoms with Crippen molar-refractivity contribution < 1.29 is 24.5 Å². The van der Waals surface area contributed by atoms with E-state index in [-0.39, 0.29) is 6.54 Å². The quantitative estimate of drug-likeness (QED) is 0.196. The molecule has 117 valence electrons. The van der Waals surface area contributed by atoms with Crippen molar-refractivity contribution in [3.63, 3.8) is 0 Å². The minimum Gasteiger partial charge on any atom is -0.467 e. The van der Waals surface area contributed by atoms with Gasteiger partial charge in [0.05, 0.1) is 7.11 Å². The summed E-state index contributed by atoms with van der Waals surface area (Å²) in [6.07, 6.45) is -3.73. The van der Waals surface area contributed by atoms with Crippen molar-refractivity contribution in [1.29, 1.82) is 0 Å². The Kier molecular flexibility index (Phi) is 10.8. The molecule has 6 N–H and O–H groups in total. The first kappa shape index (κ1) is 18.7. The van der Waals surface area contributed by atoms with Crippen molar-refractivity contribution in [3.8, 4) is 0 Å². The van der Waals surface area contributed by atoms with E-state index in [1.54, 1.807) is 0 Å². The van der Waals surface area contributed by atoms with Crippen LogP contribution in [0.1, 0.15) is 0 Å². The van der Waals surface area contributed by atoms with Crippen LogP contribution >= 0.6 is 0 Å². The van der Waals surface area contributed by atoms with Crippen molar-refractivity contribution in [3.05, 3.63) is 0 Å². The van der Waals surface area contributed by atoms with Crippen LogP contribution in [0.4, 0.5) is 0 Å². The number of ether oxygens (including phenoxy) is 1. The van der Waals surface area contributed by atoms with Crippen LogP contribution in [0.3, 0.4) is 0 Å². The maximum atomic E-state index is 11.4. The van der Waals surface area contributed by atoms with Crippen LogP contribution in [0, 0.1) is 0 Å². The number of nitrogens with one attached hydrogen (secondary N) is 4. The largest absolute Gasteiger partial charge is 0.467 e. The molecular weight excluding hydrogens is 268 g/mol. The second kappa shape index (κ2) is 11.6. The van der Waals surface area contributed by atoms with Gasteiger partial charge in [0, 0.05) is 39.3 Å². The normalized spacial score (nSPS) is 13.6. The highest BCUT2D eigenvalue weighted by molar-refractivity contribution is 5.88. The molecule has 0 aliphatic carbocycles. The molecule has 0 aliphatic heterocycles. The molecule has 0 aromatic heterocycles. The van der Waals surface area contributed by atoms with E-state index in [4.69, 9.17) is 5.73 Å². The summed E-state index contributed by atoms with van der Waals surface area (Å²) in [6.45, 7) is 3.10. The number of esters is 1. The minimum atomic E-state index is -1.89. The number of hydrogen-bond acceptors (Lipinski definition) is 7. The lowest BCUT2D eigenvalue weighted by Crippen LogP contribution is -2.47. The average molecular weight is 291 g/mol. The van der Waals surface area contributed by atoms with E-state index in [9.17, 15) is 19.8 Å². The number of methoxy groups -OCH3 is 1. The van der Waals surface area contributed by atoms with Gasteiger partial charge in [-0.05, 0) is 0 Å². The first-order valence-electron chi connectivity index (χ1n) is 6.32. The fourth-order valence-electron chi connectivity index (χ4n) is 1.29. The van der Waals surface area contributed by atoms with Crippen molar-refractivity contribution in [2.75, 3.05) is 46.4 Å². The van der Waals surface area contributed by atoms with E-state index >= 15 is 0 Å². The maximum absolute atomic E-state index is 11.4. The second-order valence-corrected chi connectivity index (χ2v) is 3.95. The van der Waals surface area contributed by atoms with Crippen molar-refractivity contribution >= 4 is 11.9 Å². The third kappa shape index (κ3) is 8.02. The molecule has 0 aromatic carbocycles. The van der Waals surface area contributed by atoms with Gasteiger partial charge in [0.1, 0.15) is 0 Å². The zero-order chi connectivity index (χ0) is 15.4. The van der Waals surface area contributed by atoms with E-state index in [1.807, 2.05) is 0 Å². The van der Waals surface area contributed by atoms with Crippen LogP contribution in [0.5, 0.6) is 0 Å². The van der Waals surface area contributed by atoms with Gasteiger partial charge in [0.2, 0.25) is 0 Å². The van der Waals surface area contributed by atoms with E-state index in [1.165, 1.54) is 0 Å². The number of amides is 1. The number of aliphatic hydroxyl groups excluding tert-OH is 2. The molecule has 0 rings (SSSR count). The molecule has 0 unspecified atom stereocenters. The Labute approximate surface area is 117 Å². The van der Waals surface area contributed by atoms with Gasteiger partial charge >= 0.3 is 5.97 Å². The molecule has 9 nitrogen and oxygen atoms in total. The van der Waals surface area contributed by atoms with Crippen LogP contribution in [0.2, 0.25) is 0 Å². The first-order chi connectivity index (χ1) is 9.54. The van der Waals surface area contributed by atoms with Crippen molar-refractivity contribution in [2.45, 2.75) is 12.2 Å². The average Bonchev–Trinajstić information content (AvgIpc) is 2.47. The summed E-state index contributed by atoms with van der Waals surface area (Å²) in [6, 6.07) is 0. The topological polar surface area (TPSA) is 144 Å². The molecule has 0 fully saturated rings. The Hall–Kier alpha value is -1.26. The van der Waals surface area contributed by atoms with Gasteiger partial charge in [0.15, 0.2) is 12.2 Å². The van der Waals surface area contributed by atoms with Gasteiger partial charge < -0.3 is 30.9 Å². The Morgan fingerprint density at radius 1 is 1.05 bits per heavy atom. The first-order valence-corrected chi connectivity index (χ1v) is 6.32. The van der Waals surface area contributed by atoms with Crippen LogP contribution < -0.4 is 21.7 Å². The smallest absolute Gasteiger partial charge is 0.338 e. The lowest BCUT2D eigenvalue weighted by atomic mass is 10.2. The van der Waals surface area contributed by atoms with Gasteiger partial charge in [-0.3, -0.25) is 10.5 Å². The number of carbonyl (C=O) groups excluding carboxylic acids is 2. The molecule has 0 aromatic rings. The summed E-state index contributed by atoms with van der Waals surface area (Å²) < 4.78 is 4.21. The molecule has 0 bridgehead atoms. The Morgan fingerprint density at radius 2 is 1.60 bits per heavy atom. The van der Waals surface area contributed by atoms with Gasteiger partial charge in [-0.1, -0.05) is 0 Å². The molecule has 0 saturated carbocycles. The minimum absolute atomic E-state index is 0.252. The predicted molar refractivity (Wildman–Crippen MR) is 70.7 cm³/mol. The SMILES string of the molecule is COC(=O)[C@H](O)[C@@H](O)C(=O)NCCNCCNCC[NH]. The van der Waals surface area contributed by atoms with Crippen molar-refractivity contribution in [2.24, 2.45) is 0 Å². The number of carbonyl (C=O) groups is 2. The second-order valence-electron chi connectivity index (χ2n) is 3.95. The predicted octanol–water partition coefficient (Wildman–Crippen LogP) is -3.54. The molecule has 1 amide bonds. The summed E-state index contributed by atoms with van der Waals surface area (Å²) in [5.41, 5.74) is 6.91. The Balaban J connectivity index is 3.65. The lowest BCUT2D eigenvalue weighted by molar-refractivity contribution is -0.161. The maximum Gasteiger partial charge on any atom is 0.338 e. The zero-order valence-corrected chi connectivity index (χ0v) is 11.5. The molecule has 0 heterocycles. The Bertz CT molecular complexity index is 290. The highest BCUT2D eigenvalue weighted by atomic mass is 16.5. The summed E-state index contributed by atoms with van der Waals surface area (Å²) in [5.74, 6) is -1.90. The molecule has 2 atom stereocenters. The van der Waals surface area contributed by atoms with E-state index < -0.39 is 24.1 Å². The fourth-order valence-corrected chi connectivity index (χ4v) is 1.29. The van der Waals surface area contributed by atoms with Gasteiger partial charge in [-0.25, -0.2) is 4.79 Å². The van der Waals surface area contributed by atoms with Gasteiger partial charge in [-0.2, -0.15) is 0 Å². The highest BCUT2D eigenvalue weighted by Gasteiger charge is 2.30. The monoisotopic (exact) mass is 291 g/mol. The molecule has 1 radical (unpaired) electrons. The molecule has 9 heteroatoms. The van der Waals surface area contributed by atoms with E-state index in [0.29, 0.717) is 26.2 Å². The standard InChI is InChI=1S/C11H23N4O5/c1-20-11(19)9(17)8(16)10(18)15-7-6-14-5-4-13-3-2-12/h8-9,12-14,16-17H,2-7H2,1H3,(H,15,18)/t8-,9-/m1/s1. The third-order valence-electron chi connectivity index (χ3n) is 2.39. The lowest BCUT2D eigenvalue weighted by Gasteiger charge is -2.15. The molecule has 0 spiro atoms. The summed E-state index contributed by atoms with van der Waals surface area (Å²) in [4.78, 5) is 22.3. The van der Waals surface area contributed by atoms with Crippen molar-refractivity contribution in [1.82, 2.24) is 21.7 Å². The number of rotatable bonds is 11. The number of aliphatic hydroxyl groups is 2. The molecule has 0 saturated heterocycles.